The molecule has 1 aliphatic rings. The molecule has 2 aromatic rings. The summed E-state index contributed by atoms with van der Waals surface area (Å²) in [4.78, 5) is 54.0. The lowest BCUT2D eigenvalue weighted by Gasteiger charge is -2.13. The third kappa shape index (κ3) is 5.05. The van der Waals surface area contributed by atoms with E-state index >= 15 is 0 Å². The van der Waals surface area contributed by atoms with Crippen LogP contribution < -0.4 is 26.5 Å². The molecule has 0 spiro atoms. The van der Waals surface area contributed by atoms with Crippen molar-refractivity contribution in [3.8, 4) is 11.5 Å². The maximum absolute atomic E-state index is 12.5. The van der Waals surface area contributed by atoms with Gasteiger partial charge in [-0.3, -0.25) is 18.7 Å². The average molecular weight is 460 g/mol. The Bertz CT molecular complexity index is 1230. The van der Waals surface area contributed by atoms with Crippen molar-refractivity contribution in [1.82, 2.24) is 9.13 Å². The van der Waals surface area contributed by atoms with E-state index in [-0.39, 0.29) is 19.2 Å². The molecule has 0 radical (unpaired) electrons. The van der Waals surface area contributed by atoms with Gasteiger partial charge < -0.3 is 24.8 Å². The number of benzene rings is 1. The molecular formula is C21H24N4O8. The smallest absolute Gasteiger partial charge is 0.347 e. The van der Waals surface area contributed by atoms with Crippen LogP contribution in [0.5, 0.6) is 11.5 Å². The monoisotopic (exact) mass is 460 g/mol. The molecule has 0 fully saturated rings. The van der Waals surface area contributed by atoms with Crippen molar-refractivity contribution in [3.05, 3.63) is 50.2 Å². The molecule has 0 atom stereocenters. The molecule has 0 unspecified atom stereocenters. The Balaban J connectivity index is 1.59. The molecule has 176 valence electrons. The van der Waals surface area contributed by atoms with E-state index in [4.69, 9.17) is 24.8 Å². The van der Waals surface area contributed by atoms with E-state index in [9.17, 15) is 19.2 Å². The number of carbonyl (C=O) groups excluding carboxylic acids is 2. The number of oxime groups is 1. The molecular weight excluding hydrogens is 436 g/mol. The lowest BCUT2D eigenvalue weighted by atomic mass is 10.1. The van der Waals surface area contributed by atoms with Gasteiger partial charge in [-0.05, 0) is 31.5 Å². The van der Waals surface area contributed by atoms with Crippen molar-refractivity contribution < 1.29 is 28.6 Å². The number of fused-ring (bicyclic) bond motifs is 1. The number of carbonyl (C=O) groups is 2. The predicted molar refractivity (Wildman–Crippen MR) is 117 cm³/mol. The molecule has 0 bridgehead atoms. The molecule has 2 N–H and O–H groups in total. The van der Waals surface area contributed by atoms with Crippen LogP contribution in [0, 0.1) is 0 Å². The first kappa shape index (κ1) is 23.6. The van der Waals surface area contributed by atoms with E-state index in [0.717, 1.165) is 9.13 Å². The minimum Gasteiger partial charge on any atom is -0.455 e. The highest BCUT2D eigenvalue weighted by Gasteiger charge is 2.22. The van der Waals surface area contributed by atoms with E-state index < -0.39 is 41.8 Å². The number of ketones is 1. The summed E-state index contributed by atoms with van der Waals surface area (Å²) in [7, 11) is 1.24. The quantitative estimate of drug-likeness (QED) is 0.243. The fourth-order valence-electron chi connectivity index (χ4n) is 3.10. The van der Waals surface area contributed by atoms with E-state index in [2.05, 4.69) is 5.16 Å². The van der Waals surface area contributed by atoms with Gasteiger partial charge in [-0.2, -0.15) is 0 Å². The third-order valence-electron chi connectivity index (χ3n) is 4.85. The van der Waals surface area contributed by atoms with Crippen molar-refractivity contribution in [3.63, 3.8) is 0 Å². The number of nitrogens with two attached hydrogens (primary N) is 1. The first-order chi connectivity index (χ1) is 15.7. The van der Waals surface area contributed by atoms with Crippen molar-refractivity contribution >= 4 is 23.3 Å². The summed E-state index contributed by atoms with van der Waals surface area (Å²) in [5.41, 5.74) is 5.17. The van der Waals surface area contributed by atoms with Crippen molar-refractivity contribution in [1.29, 1.82) is 0 Å². The van der Waals surface area contributed by atoms with E-state index in [0.29, 0.717) is 29.2 Å². The highest BCUT2D eigenvalue weighted by molar-refractivity contribution is 6.01. The Labute approximate surface area is 188 Å². The molecule has 0 amide bonds. The number of rotatable bonds is 9. The van der Waals surface area contributed by atoms with Crippen LogP contribution in [0.4, 0.5) is 5.82 Å². The van der Waals surface area contributed by atoms with Crippen LogP contribution in [0.15, 0.2) is 32.9 Å². The van der Waals surface area contributed by atoms with Crippen LogP contribution in [-0.2, 0) is 28.0 Å². The Morgan fingerprint density at radius 2 is 1.91 bits per heavy atom. The van der Waals surface area contributed by atoms with Crippen LogP contribution in [0.25, 0.3) is 0 Å². The summed E-state index contributed by atoms with van der Waals surface area (Å²) in [5.74, 6) is -0.752. The molecule has 12 heteroatoms. The molecule has 1 aliphatic heterocycles. The van der Waals surface area contributed by atoms with E-state index in [1.54, 1.807) is 25.1 Å². The van der Waals surface area contributed by atoms with Gasteiger partial charge in [0, 0.05) is 19.2 Å². The standard InChI is InChI=1S/C21H24N4O8/c1-4-7-25-19(22)18(20(28)24(3)21(25)29)14(26)9-30-17(27)10-33-23-12(2)13-5-6-15-16(8-13)32-11-31-15/h5-6,8H,4,7,9-11,22H2,1-3H3/b23-12+. The maximum Gasteiger partial charge on any atom is 0.347 e. The highest BCUT2D eigenvalue weighted by Crippen LogP contribution is 2.32. The zero-order valence-corrected chi connectivity index (χ0v) is 18.5. The zero-order valence-electron chi connectivity index (χ0n) is 18.5. The number of aromatic nitrogens is 2. The topological polar surface area (TPSA) is 153 Å². The fraction of sp³-hybridized carbons (Fsp3) is 0.381. The van der Waals surface area contributed by atoms with Gasteiger partial charge in [0.25, 0.3) is 5.56 Å². The second-order valence-corrected chi connectivity index (χ2v) is 7.16. The minimum atomic E-state index is -0.872. The van der Waals surface area contributed by atoms with Gasteiger partial charge in [0.2, 0.25) is 19.2 Å². The van der Waals surface area contributed by atoms with Crippen molar-refractivity contribution in [2.45, 2.75) is 26.8 Å². The second-order valence-electron chi connectivity index (χ2n) is 7.16. The Kier molecular flexibility index (Phi) is 7.16. The summed E-state index contributed by atoms with van der Waals surface area (Å²) in [6.07, 6.45) is 0.564. The molecule has 2 heterocycles. The van der Waals surface area contributed by atoms with Crippen LogP contribution in [-0.4, -0.2) is 46.6 Å². The highest BCUT2D eigenvalue weighted by atomic mass is 16.7. The van der Waals surface area contributed by atoms with Crippen molar-refractivity contribution in [2.75, 3.05) is 25.7 Å². The van der Waals surface area contributed by atoms with Gasteiger partial charge in [-0.15, -0.1) is 0 Å². The number of hydrogen-bond donors (Lipinski definition) is 1. The third-order valence-corrected chi connectivity index (χ3v) is 4.85. The average Bonchev–Trinajstić information content (AvgIpc) is 3.27. The molecule has 0 saturated heterocycles. The van der Waals surface area contributed by atoms with E-state index in [1.165, 1.54) is 7.05 Å². The number of esters is 1. The van der Waals surface area contributed by atoms with Crippen molar-refractivity contribution in [2.24, 2.45) is 12.2 Å². The summed E-state index contributed by atoms with van der Waals surface area (Å²) < 4.78 is 17.3. The first-order valence-electron chi connectivity index (χ1n) is 10.1. The number of nitrogens with zero attached hydrogens (tertiary/aromatic N) is 3. The fourth-order valence-corrected chi connectivity index (χ4v) is 3.10. The van der Waals surface area contributed by atoms with Crippen LogP contribution in [0.1, 0.15) is 36.2 Å². The lowest BCUT2D eigenvalue weighted by Crippen LogP contribution is -2.43. The van der Waals surface area contributed by atoms with Gasteiger partial charge in [-0.25, -0.2) is 9.59 Å². The summed E-state index contributed by atoms with van der Waals surface area (Å²) in [6.45, 7) is 2.57. The van der Waals surface area contributed by atoms with Gasteiger partial charge in [0.1, 0.15) is 11.4 Å². The van der Waals surface area contributed by atoms with Crippen LogP contribution >= 0.6 is 0 Å². The number of ether oxygens (including phenoxy) is 3. The predicted octanol–water partition coefficient (Wildman–Crippen LogP) is 0.435. The normalized spacial score (nSPS) is 12.5. The lowest BCUT2D eigenvalue weighted by molar-refractivity contribution is -0.147. The maximum atomic E-state index is 12.5. The largest absolute Gasteiger partial charge is 0.455 e. The van der Waals surface area contributed by atoms with Gasteiger partial charge in [0.05, 0.1) is 5.71 Å². The van der Waals surface area contributed by atoms with E-state index in [1.807, 2.05) is 6.92 Å². The Morgan fingerprint density at radius 3 is 2.64 bits per heavy atom. The molecule has 3 rings (SSSR count). The summed E-state index contributed by atoms with van der Waals surface area (Å²) in [5, 5.41) is 3.85. The molecule has 33 heavy (non-hydrogen) atoms. The molecule has 0 saturated carbocycles. The van der Waals surface area contributed by atoms with Gasteiger partial charge in [0.15, 0.2) is 18.1 Å². The van der Waals surface area contributed by atoms with Crippen LogP contribution in [0.3, 0.4) is 0 Å². The molecule has 0 aliphatic carbocycles. The summed E-state index contributed by atoms with van der Waals surface area (Å²) >= 11 is 0. The first-order valence-corrected chi connectivity index (χ1v) is 10.1. The zero-order chi connectivity index (χ0) is 24.1. The number of nitrogen functional groups attached to an aromatic ring is 1. The Hall–Kier alpha value is -4.09. The molecule has 12 nitrogen and oxygen atoms in total. The van der Waals surface area contributed by atoms with Gasteiger partial charge >= 0.3 is 11.7 Å². The second kappa shape index (κ2) is 10.0. The number of Topliss-reactive ketones (excluding diaryl/α,β-unsaturated/α-hetero) is 1. The summed E-state index contributed by atoms with van der Waals surface area (Å²) in [6, 6.07) is 5.22. The number of hydrogen-bond acceptors (Lipinski definition) is 10. The van der Waals surface area contributed by atoms with Crippen LogP contribution in [0.2, 0.25) is 0 Å². The molecule has 1 aromatic heterocycles. The minimum absolute atomic E-state index is 0.146. The number of anilines is 1. The Morgan fingerprint density at radius 1 is 1.18 bits per heavy atom. The molecule has 1 aromatic carbocycles. The van der Waals surface area contributed by atoms with Gasteiger partial charge in [-0.1, -0.05) is 12.1 Å². The SMILES string of the molecule is CCCn1c(N)c(C(=O)COC(=O)CO/N=C(\C)c2ccc3c(c2)OCO3)c(=O)n(C)c1=O.